The summed E-state index contributed by atoms with van der Waals surface area (Å²) in [5, 5.41) is 8.68. The van der Waals surface area contributed by atoms with Gasteiger partial charge in [0.15, 0.2) is 0 Å². The highest BCUT2D eigenvalue weighted by atomic mass is 16.5. The third-order valence-electron chi connectivity index (χ3n) is 8.40. The van der Waals surface area contributed by atoms with Gasteiger partial charge in [0.2, 0.25) is 0 Å². The molecule has 4 aromatic rings. The normalized spacial score (nSPS) is 14.9. The van der Waals surface area contributed by atoms with Gasteiger partial charge < -0.3 is 23.7 Å². The van der Waals surface area contributed by atoms with E-state index in [0.717, 1.165) is 105 Å². The second-order valence-corrected chi connectivity index (χ2v) is 11.8. The van der Waals surface area contributed by atoms with Crippen LogP contribution in [-0.4, -0.2) is 112 Å². The number of rotatable bonds is 13. The molecule has 2 aliphatic heterocycles. The van der Waals surface area contributed by atoms with Crippen LogP contribution in [0.3, 0.4) is 0 Å². The molecule has 2 saturated heterocycles. The van der Waals surface area contributed by atoms with Crippen molar-refractivity contribution in [2.24, 2.45) is 0 Å². The van der Waals surface area contributed by atoms with Crippen molar-refractivity contribution in [1.82, 2.24) is 19.8 Å². The Morgan fingerprint density at radius 1 is 0.680 bits per heavy atom. The number of nitrogens with zero attached hydrogens (tertiary/aromatic N) is 5. The van der Waals surface area contributed by atoms with Crippen LogP contribution in [0.1, 0.15) is 11.4 Å². The maximum atomic E-state index is 11.3. The van der Waals surface area contributed by atoms with Gasteiger partial charge in [-0.3, -0.25) is 24.6 Å². The minimum Gasteiger partial charge on any atom is -0.492 e. The lowest BCUT2D eigenvalue weighted by Crippen LogP contribution is -2.38. The van der Waals surface area contributed by atoms with E-state index in [1.54, 1.807) is 12.4 Å². The van der Waals surface area contributed by atoms with E-state index >= 15 is 0 Å². The first-order valence-electron chi connectivity index (χ1n) is 17.0. The van der Waals surface area contributed by atoms with E-state index in [1.165, 1.54) is 7.11 Å². The molecule has 0 N–H and O–H groups in total. The molecule has 0 bridgehead atoms. The van der Waals surface area contributed by atoms with Crippen molar-refractivity contribution in [3.63, 3.8) is 0 Å². The Balaban J connectivity index is 0.000000195. The number of nitriles is 1. The van der Waals surface area contributed by atoms with Gasteiger partial charge in [0, 0.05) is 62.8 Å². The van der Waals surface area contributed by atoms with Crippen molar-refractivity contribution in [3.05, 3.63) is 96.6 Å². The van der Waals surface area contributed by atoms with Crippen LogP contribution in [0.15, 0.2) is 85.2 Å². The Kier molecular flexibility index (Phi) is 14.5. The Hall–Kier alpha value is -4.86. The number of benzene rings is 2. The van der Waals surface area contributed by atoms with Crippen LogP contribution in [0, 0.1) is 11.3 Å². The van der Waals surface area contributed by atoms with Crippen LogP contribution in [0.5, 0.6) is 11.5 Å². The number of hydrogen-bond donors (Lipinski definition) is 0. The molecule has 0 atom stereocenters. The van der Waals surface area contributed by atoms with Crippen LogP contribution in [0.4, 0.5) is 0 Å². The van der Waals surface area contributed by atoms with Gasteiger partial charge in [0.1, 0.15) is 24.7 Å². The third kappa shape index (κ3) is 11.9. The van der Waals surface area contributed by atoms with Gasteiger partial charge in [0.25, 0.3) is 0 Å². The Bertz CT molecular complexity index is 1610. The van der Waals surface area contributed by atoms with E-state index in [9.17, 15) is 4.79 Å². The molecule has 2 aromatic carbocycles. The van der Waals surface area contributed by atoms with E-state index in [2.05, 4.69) is 30.6 Å². The van der Waals surface area contributed by atoms with E-state index in [4.69, 9.17) is 24.2 Å². The molecule has 0 amide bonds. The quantitative estimate of drug-likeness (QED) is 0.183. The molecule has 50 heavy (non-hydrogen) atoms. The summed E-state index contributed by atoms with van der Waals surface area (Å²) in [7, 11) is 1.38. The van der Waals surface area contributed by atoms with Gasteiger partial charge in [-0.25, -0.2) is 0 Å². The monoisotopic (exact) mass is 679 g/mol. The summed E-state index contributed by atoms with van der Waals surface area (Å²) < 4.78 is 27.0. The van der Waals surface area contributed by atoms with Crippen molar-refractivity contribution in [2.45, 2.75) is 12.8 Å². The minimum atomic E-state index is -0.288. The van der Waals surface area contributed by atoms with E-state index in [1.807, 2.05) is 72.8 Å². The highest BCUT2D eigenvalue weighted by molar-refractivity contribution is 5.72. The SMILES string of the molecule is COC(=O)Cc1ccc(-c2ccc(OCCN3CCOCC3)cc2)cn1.N#CCc1ccc(-c2ccc(OCCN3CCOCC3)cc2)cn1. The fourth-order valence-electron chi connectivity index (χ4n) is 5.42. The van der Waals surface area contributed by atoms with Crippen LogP contribution < -0.4 is 9.47 Å². The maximum absolute atomic E-state index is 11.3. The van der Waals surface area contributed by atoms with Crippen molar-refractivity contribution in [3.8, 4) is 39.8 Å². The topological polar surface area (TPSA) is 119 Å². The summed E-state index contributed by atoms with van der Waals surface area (Å²) in [5.74, 6) is 1.45. The van der Waals surface area contributed by atoms with Crippen LogP contribution in [0.2, 0.25) is 0 Å². The summed E-state index contributed by atoms with van der Waals surface area (Å²) >= 11 is 0. The third-order valence-corrected chi connectivity index (χ3v) is 8.40. The van der Waals surface area contributed by atoms with Crippen molar-refractivity contribution < 1.29 is 28.5 Å². The number of pyridine rings is 2. The smallest absolute Gasteiger partial charge is 0.311 e. The zero-order valence-electron chi connectivity index (χ0n) is 28.7. The summed E-state index contributed by atoms with van der Waals surface area (Å²) in [6, 6.07) is 25.8. The minimum absolute atomic E-state index is 0.187. The van der Waals surface area contributed by atoms with Crippen molar-refractivity contribution in [1.29, 1.82) is 5.26 Å². The second kappa shape index (κ2) is 20.0. The predicted octanol–water partition coefficient (Wildman–Crippen LogP) is 4.70. The maximum Gasteiger partial charge on any atom is 0.311 e. The summed E-state index contributed by atoms with van der Waals surface area (Å²) in [4.78, 5) is 24.6. The molecular formula is C39H45N5O6. The number of ether oxygens (including phenoxy) is 5. The number of morpholine rings is 2. The van der Waals surface area contributed by atoms with Gasteiger partial charge in [-0.15, -0.1) is 0 Å². The van der Waals surface area contributed by atoms with E-state index < -0.39 is 0 Å². The van der Waals surface area contributed by atoms with Gasteiger partial charge >= 0.3 is 5.97 Å². The molecule has 0 radical (unpaired) electrons. The molecular weight excluding hydrogens is 634 g/mol. The molecule has 0 spiro atoms. The average Bonchev–Trinajstić information content (AvgIpc) is 3.17. The summed E-state index contributed by atoms with van der Waals surface area (Å²) in [6.45, 7) is 10.4. The highest BCUT2D eigenvalue weighted by Gasteiger charge is 2.11. The van der Waals surface area contributed by atoms with Crippen LogP contribution in [-0.2, 0) is 31.8 Å². The Morgan fingerprint density at radius 2 is 1.12 bits per heavy atom. The molecule has 0 saturated carbocycles. The standard InChI is InChI=1S/C20H24N2O4.C19H21N3O2/c1-24-20(23)14-18-5-2-17(15-21-18)16-3-6-19(7-4-16)26-13-10-22-8-11-25-12-9-22;20-8-7-18-4-1-17(15-21-18)16-2-5-19(6-3-16)24-14-11-22-9-12-23-13-10-22/h2-7,15H,8-14H2,1H3;1-6,15H,7,9-14H2. The predicted molar refractivity (Wildman–Crippen MR) is 190 cm³/mol. The van der Waals surface area contributed by atoms with E-state index in [-0.39, 0.29) is 12.4 Å². The number of carbonyl (C=O) groups is 1. The zero-order chi connectivity index (χ0) is 34.8. The second-order valence-electron chi connectivity index (χ2n) is 11.8. The molecule has 0 aliphatic carbocycles. The van der Waals surface area contributed by atoms with Gasteiger partial charge in [-0.1, -0.05) is 36.4 Å². The van der Waals surface area contributed by atoms with Gasteiger partial charge in [0.05, 0.1) is 63.8 Å². The number of esters is 1. The zero-order valence-corrected chi connectivity index (χ0v) is 28.7. The lowest BCUT2D eigenvalue weighted by molar-refractivity contribution is -0.139. The molecule has 11 nitrogen and oxygen atoms in total. The van der Waals surface area contributed by atoms with Crippen LogP contribution >= 0.6 is 0 Å². The number of methoxy groups -OCH3 is 1. The number of hydrogen-bond acceptors (Lipinski definition) is 11. The molecule has 4 heterocycles. The molecule has 2 aliphatic rings. The highest BCUT2D eigenvalue weighted by Crippen LogP contribution is 2.23. The summed E-state index contributed by atoms with van der Waals surface area (Å²) in [6.07, 6.45) is 4.11. The van der Waals surface area contributed by atoms with Crippen molar-refractivity contribution in [2.75, 3.05) is 86.0 Å². The Morgan fingerprint density at radius 3 is 1.52 bits per heavy atom. The number of aromatic nitrogens is 2. The van der Waals surface area contributed by atoms with Crippen molar-refractivity contribution >= 4 is 5.97 Å². The first kappa shape index (κ1) is 36.4. The van der Waals surface area contributed by atoms with E-state index in [0.29, 0.717) is 25.3 Å². The molecule has 262 valence electrons. The van der Waals surface area contributed by atoms with Crippen LogP contribution in [0.25, 0.3) is 22.3 Å². The lowest BCUT2D eigenvalue weighted by atomic mass is 10.1. The first-order valence-corrected chi connectivity index (χ1v) is 17.0. The molecule has 6 rings (SSSR count). The summed E-state index contributed by atoms with van der Waals surface area (Å²) in [5.41, 5.74) is 5.68. The fraction of sp³-hybridized carbons (Fsp3) is 0.385. The molecule has 2 fully saturated rings. The average molecular weight is 680 g/mol. The first-order chi connectivity index (χ1) is 24.6. The van der Waals surface area contributed by atoms with Gasteiger partial charge in [-0.05, 0) is 47.5 Å². The Labute approximate surface area is 294 Å². The molecule has 0 unspecified atom stereocenters. The number of carbonyl (C=O) groups excluding carboxylic acids is 1. The van der Waals surface area contributed by atoms with Gasteiger partial charge in [-0.2, -0.15) is 5.26 Å². The fourth-order valence-corrected chi connectivity index (χ4v) is 5.42. The molecule has 11 heteroatoms. The molecule has 2 aromatic heterocycles. The largest absolute Gasteiger partial charge is 0.492 e. The lowest BCUT2D eigenvalue weighted by Gasteiger charge is -2.26.